The maximum atomic E-state index is 12.6. The number of carboxylic acids is 1. The van der Waals surface area contributed by atoms with Gasteiger partial charge < -0.3 is 10.4 Å². The lowest BCUT2D eigenvalue weighted by Crippen LogP contribution is -2.50. The van der Waals surface area contributed by atoms with Crippen molar-refractivity contribution < 1.29 is 27.9 Å². The van der Waals surface area contributed by atoms with Crippen LogP contribution in [0.1, 0.15) is 36.8 Å². The van der Waals surface area contributed by atoms with E-state index in [1.807, 2.05) is 0 Å². The highest BCUT2D eigenvalue weighted by atomic mass is 19.4. The smallest absolute Gasteiger partial charge is 0.416 e. The molecule has 1 aliphatic carbocycles. The fraction of sp³-hybridized carbons (Fsp3) is 0.375. The summed E-state index contributed by atoms with van der Waals surface area (Å²) in [4.78, 5) is 22.6. The van der Waals surface area contributed by atoms with Crippen LogP contribution < -0.4 is 5.32 Å². The topological polar surface area (TPSA) is 66.4 Å². The third kappa shape index (κ3) is 3.72. The van der Waals surface area contributed by atoms with Crippen molar-refractivity contribution in [2.24, 2.45) is 0 Å². The zero-order valence-electron chi connectivity index (χ0n) is 12.2. The minimum absolute atomic E-state index is 0.232. The molecule has 23 heavy (non-hydrogen) atoms. The second-order valence-electron chi connectivity index (χ2n) is 5.64. The highest BCUT2D eigenvalue weighted by Crippen LogP contribution is 2.42. The quantitative estimate of drug-likeness (QED) is 0.816. The molecule has 0 aromatic heterocycles. The van der Waals surface area contributed by atoms with Crippen molar-refractivity contribution in [3.05, 3.63) is 47.5 Å². The van der Waals surface area contributed by atoms with Gasteiger partial charge in [-0.1, -0.05) is 18.7 Å². The first-order valence-corrected chi connectivity index (χ1v) is 7.04. The summed E-state index contributed by atoms with van der Waals surface area (Å²) in [7, 11) is 0. The molecule has 1 aromatic carbocycles. The Hall–Kier alpha value is -2.31. The molecule has 0 saturated heterocycles. The molecule has 7 heteroatoms. The molecular weight excluding hydrogens is 311 g/mol. The molecule has 1 aliphatic rings. The Morgan fingerprint density at radius 3 is 2.17 bits per heavy atom. The van der Waals surface area contributed by atoms with Gasteiger partial charge >= 0.3 is 12.1 Å². The third-order valence-corrected chi connectivity index (χ3v) is 4.03. The predicted octanol–water partition coefficient (Wildman–Crippen LogP) is 3.23. The molecule has 2 rings (SSSR count). The Kier molecular flexibility index (Phi) is 4.49. The molecule has 1 aromatic rings. The number of alkyl halides is 3. The van der Waals surface area contributed by atoms with Crippen LogP contribution in [0.25, 0.3) is 0 Å². The van der Waals surface area contributed by atoms with E-state index in [0.29, 0.717) is 18.4 Å². The second-order valence-corrected chi connectivity index (χ2v) is 5.64. The third-order valence-electron chi connectivity index (χ3n) is 4.03. The molecule has 2 N–H and O–H groups in total. The maximum absolute atomic E-state index is 12.6. The van der Waals surface area contributed by atoms with Crippen molar-refractivity contribution in [3.8, 4) is 0 Å². The molecule has 0 aliphatic heterocycles. The molecule has 1 saturated carbocycles. The number of hydrogen-bond donors (Lipinski definition) is 2. The standard InChI is InChI=1S/C16H16F3NO3/c1-10(14(22)23)9-13(21)20-15(7-2-8-15)11-3-5-12(6-4-11)16(17,18)19/h3-6H,1-2,7-9H2,(H,20,21)(H,22,23). The van der Waals surface area contributed by atoms with Crippen LogP contribution in [0.15, 0.2) is 36.4 Å². The van der Waals surface area contributed by atoms with E-state index in [0.717, 1.165) is 18.6 Å². The summed E-state index contributed by atoms with van der Waals surface area (Å²) < 4.78 is 37.8. The van der Waals surface area contributed by atoms with E-state index in [1.54, 1.807) is 0 Å². The summed E-state index contributed by atoms with van der Waals surface area (Å²) in [5.41, 5.74) is -1.11. The lowest BCUT2D eigenvalue weighted by Gasteiger charge is -2.43. The van der Waals surface area contributed by atoms with E-state index < -0.39 is 29.2 Å². The van der Waals surface area contributed by atoms with Crippen molar-refractivity contribution >= 4 is 11.9 Å². The molecule has 0 heterocycles. The fourth-order valence-electron chi connectivity index (χ4n) is 2.57. The molecule has 0 spiro atoms. The molecule has 1 amide bonds. The van der Waals surface area contributed by atoms with E-state index in [4.69, 9.17) is 5.11 Å². The zero-order valence-corrected chi connectivity index (χ0v) is 12.2. The summed E-state index contributed by atoms with van der Waals surface area (Å²) in [6, 6.07) is 4.68. The van der Waals surface area contributed by atoms with Gasteiger partial charge in [0.25, 0.3) is 0 Å². The van der Waals surface area contributed by atoms with Gasteiger partial charge in [-0.2, -0.15) is 13.2 Å². The highest BCUT2D eigenvalue weighted by molar-refractivity contribution is 5.93. The first kappa shape index (κ1) is 17.1. The van der Waals surface area contributed by atoms with Crippen molar-refractivity contribution in [1.82, 2.24) is 5.32 Å². The van der Waals surface area contributed by atoms with E-state index >= 15 is 0 Å². The van der Waals surface area contributed by atoms with Crippen molar-refractivity contribution in [2.45, 2.75) is 37.4 Å². The van der Waals surface area contributed by atoms with Gasteiger partial charge in [0, 0.05) is 5.57 Å². The van der Waals surface area contributed by atoms with E-state index in [9.17, 15) is 22.8 Å². The van der Waals surface area contributed by atoms with E-state index in [-0.39, 0.29) is 12.0 Å². The molecule has 4 nitrogen and oxygen atoms in total. The van der Waals surface area contributed by atoms with Crippen LogP contribution >= 0.6 is 0 Å². The number of halogens is 3. The minimum atomic E-state index is -4.41. The van der Waals surface area contributed by atoms with Gasteiger partial charge in [-0.3, -0.25) is 4.79 Å². The second kappa shape index (κ2) is 6.06. The molecule has 0 bridgehead atoms. The lowest BCUT2D eigenvalue weighted by atomic mass is 9.71. The molecule has 124 valence electrons. The van der Waals surface area contributed by atoms with Gasteiger partial charge in [0.05, 0.1) is 17.5 Å². The molecule has 0 unspecified atom stereocenters. The monoisotopic (exact) mass is 327 g/mol. The van der Waals surface area contributed by atoms with Gasteiger partial charge in [-0.25, -0.2) is 4.79 Å². The average Bonchev–Trinajstić information content (AvgIpc) is 2.42. The number of hydrogen-bond acceptors (Lipinski definition) is 2. The number of nitrogens with one attached hydrogen (secondary N) is 1. The number of carbonyl (C=O) groups excluding carboxylic acids is 1. The van der Waals surface area contributed by atoms with Crippen LogP contribution in [-0.4, -0.2) is 17.0 Å². The molecular formula is C16H16F3NO3. The minimum Gasteiger partial charge on any atom is -0.478 e. The Morgan fingerprint density at radius 2 is 1.78 bits per heavy atom. The van der Waals surface area contributed by atoms with Crippen molar-refractivity contribution in [3.63, 3.8) is 0 Å². The Bertz CT molecular complexity index is 631. The van der Waals surface area contributed by atoms with Crippen molar-refractivity contribution in [2.75, 3.05) is 0 Å². The maximum Gasteiger partial charge on any atom is 0.416 e. The van der Waals surface area contributed by atoms with Crippen LogP contribution in [0.5, 0.6) is 0 Å². The van der Waals surface area contributed by atoms with Gasteiger partial charge in [0.1, 0.15) is 0 Å². The number of amides is 1. The molecule has 0 atom stereocenters. The highest BCUT2D eigenvalue weighted by Gasteiger charge is 2.40. The van der Waals surface area contributed by atoms with Crippen LogP contribution in [0.3, 0.4) is 0 Å². The number of benzene rings is 1. The number of aliphatic carboxylic acids is 1. The largest absolute Gasteiger partial charge is 0.478 e. The first-order valence-electron chi connectivity index (χ1n) is 7.04. The fourth-order valence-corrected chi connectivity index (χ4v) is 2.57. The summed E-state index contributed by atoms with van der Waals surface area (Å²) >= 11 is 0. The Morgan fingerprint density at radius 1 is 1.22 bits per heavy atom. The molecule has 0 radical (unpaired) electrons. The van der Waals surface area contributed by atoms with Gasteiger partial charge in [-0.15, -0.1) is 0 Å². The van der Waals surface area contributed by atoms with Crippen molar-refractivity contribution in [1.29, 1.82) is 0 Å². The molecule has 1 fully saturated rings. The average molecular weight is 327 g/mol. The predicted molar refractivity (Wildman–Crippen MR) is 76.5 cm³/mol. The van der Waals surface area contributed by atoms with Crippen LogP contribution in [0, 0.1) is 0 Å². The van der Waals surface area contributed by atoms with Crippen LogP contribution in [0.2, 0.25) is 0 Å². The zero-order chi connectivity index (χ0) is 17.3. The number of carbonyl (C=O) groups is 2. The normalized spacial score (nSPS) is 16.3. The summed E-state index contributed by atoms with van der Waals surface area (Å²) in [5, 5.41) is 11.5. The summed E-state index contributed by atoms with van der Waals surface area (Å²) in [5.74, 6) is -1.76. The van der Waals surface area contributed by atoms with Gasteiger partial charge in [-0.05, 0) is 37.0 Å². The lowest BCUT2D eigenvalue weighted by molar-refractivity contribution is -0.137. The number of carboxylic acid groups (broad SMARTS) is 1. The summed E-state index contributed by atoms with van der Waals surface area (Å²) in [6.45, 7) is 3.29. The van der Waals surface area contributed by atoms with Crippen LogP contribution in [0.4, 0.5) is 13.2 Å². The number of rotatable bonds is 5. The Labute approximate surface area is 131 Å². The van der Waals surface area contributed by atoms with Gasteiger partial charge in [0.2, 0.25) is 5.91 Å². The van der Waals surface area contributed by atoms with Crippen LogP contribution in [-0.2, 0) is 21.3 Å². The Balaban J connectivity index is 2.13. The van der Waals surface area contributed by atoms with E-state index in [2.05, 4.69) is 11.9 Å². The SMILES string of the molecule is C=C(CC(=O)NC1(c2ccc(C(F)(F)F)cc2)CCC1)C(=O)O. The van der Waals surface area contributed by atoms with Gasteiger partial charge in [0.15, 0.2) is 0 Å². The summed E-state index contributed by atoms with van der Waals surface area (Å²) in [6.07, 6.45) is -2.72. The van der Waals surface area contributed by atoms with E-state index in [1.165, 1.54) is 12.1 Å². The first-order chi connectivity index (χ1) is 10.6.